The van der Waals surface area contributed by atoms with E-state index in [2.05, 4.69) is 5.43 Å². The number of carbonyl (C=O) groups is 2. The van der Waals surface area contributed by atoms with Crippen LogP contribution in [0.15, 0.2) is 34.1 Å². The van der Waals surface area contributed by atoms with Crippen molar-refractivity contribution in [3.05, 3.63) is 49.5 Å². The molecule has 2 atom stereocenters. The van der Waals surface area contributed by atoms with E-state index in [1.807, 2.05) is 45.0 Å². The number of hydrogen-bond acceptors (Lipinski definition) is 6. The monoisotopic (exact) mass is 440 g/mol. The smallest absolute Gasteiger partial charge is 0.308 e. The Balaban J connectivity index is 1.71. The van der Waals surface area contributed by atoms with Crippen LogP contribution in [-0.4, -0.2) is 58.4 Å². The zero-order valence-corrected chi connectivity index (χ0v) is 18.5. The minimum absolute atomic E-state index is 0.0934. The van der Waals surface area contributed by atoms with Crippen LogP contribution in [0.25, 0.3) is 5.57 Å². The third kappa shape index (κ3) is 2.67. The van der Waals surface area contributed by atoms with E-state index >= 15 is 0 Å². The van der Waals surface area contributed by atoms with Crippen LogP contribution in [0.3, 0.4) is 0 Å². The first kappa shape index (κ1) is 19.8. The van der Waals surface area contributed by atoms with Crippen LogP contribution < -0.4 is 25.2 Å². The summed E-state index contributed by atoms with van der Waals surface area (Å²) in [5.74, 6) is -0.153. The summed E-state index contributed by atoms with van der Waals surface area (Å²) in [6.45, 7) is 7.47. The lowest BCUT2D eigenvalue weighted by Crippen LogP contribution is -2.55. The number of para-hydroxylation sites is 1. The van der Waals surface area contributed by atoms with E-state index in [-0.39, 0.29) is 17.5 Å². The van der Waals surface area contributed by atoms with Gasteiger partial charge >= 0.3 is 6.03 Å². The maximum atomic E-state index is 13.4. The second-order valence-electron chi connectivity index (χ2n) is 7.67. The summed E-state index contributed by atoms with van der Waals surface area (Å²) in [5.41, 5.74) is 4.92. The van der Waals surface area contributed by atoms with Gasteiger partial charge in [0.2, 0.25) is 4.80 Å². The standard InChI is InChI=1S/C21H24N6O3S/c1-4-11-26-13-10-8-7-9-12(13)14(18(26)28)15-19(29)27-20(31-15)22-16-17(23-27)25(6-3)21(30)24(16)5-2/h7-10,16-17,23H,4-6,11H2,1-3H3/b15-14-. The Hall–Kier alpha value is -3.14. The summed E-state index contributed by atoms with van der Waals surface area (Å²) in [6, 6.07) is 7.49. The lowest BCUT2D eigenvalue weighted by atomic mass is 10.1. The minimum atomic E-state index is -0.418. The average Bonchev–Trinajstić information content (AvgIpc) is 3.33. The van der Waals surface area contributed by atoms with Crippen LogP contribution in [0.5, 0.6) is 0 Å². The Morgan fingerprint density at radius 2 is 1.81 bits per heavy atom. The van der Waals surface area contributed by atoms with Crippen LogP contribution in [0.1, 0.15) is 32.8 Å². The maximum absolute atomic E-state index is 13.4. The number of nitrogens with one attached hydrogen (secondary N) is 1. The molecule has 0 bridgehead atoms. The Labute approximate surface area is 182 Å². The molecule has 31 heavy (non-hydrogen) atoms. The van der Waals surface area contributed by atoms with Crippen molar-refractivity contribution < 1.29 is 9.59 Å². The lowest BCUT2D eigenvalue weighted by molar-refractivity contribution is -0.113. The largest absolute Gasteiger partial charge is 0.323 e. The molecule has 2 unspecified atom stereocenters. The number of aromatic nitrogens is 1. The molecule has 10 heteroatoms. The van der Waals surface area contributed by atoms with Crippen LogP contribution >= 0.6 is 11.3 Å². The number of amides is 3. The zero-order chi connectivity index (χ0) is 21.9. The van der Waals surface area contributed by atoms with Gasteiger partial charge in [-0.15, -0.1) is 0 Å². The number of benzene rings is 1. The number of rotatable bonds is 4. The molecule has 5 rings (SSSR count). The molecular weight excluding hydrogens is 416 g/mol. The highest BCUT2D eigenvalue weighted by Gasteiger charge is 2.47. The summed E-state index contributed by atoms with van der Waals surface area (Å²) in [6.07, 6.45) is -0.00360. The highest BCUT2D eigenvalue weighted by Crippen LogP contribution is 2.35. The van der Waals surface area contributed by atoms with Crippen molar-refractivity contribution in [2.24, 2.45) is 4.99 Å². The number of likely N-dealkylation sites (N-methyl/N-ethyl adjacent to an activating group) is 2. The van der Waals surface area contributed by atoms with Crippen molar-refractivity contribution in [2.75, 3.05) is 30.0 Å². The number of urea groups is 1. The highest BCUT2D eigenvalue weighted by atomic mass is 32.1. The molecule has 1 saturated heterocycles. The molecule has 0 aliphatic carbocycles. The summed E-state index contributed by atoms with van der Waals surface area (Å²) < 4.78 is 1.77. The third-order valence-corrected chi connectivity index (χ3v) is 7.05. The van der Waals surface area contributed by atoms with Gasteiger partial charge in [0.15, 0.2) is 12.3 Å². The fraction of sp³-hybridized carbons (Fsp3) is 0.429. The number of carbonyl (C=O) groups excluding carboxylic acids is 2. The van der Waals surface area contributed by atoms with Gasteiger partial charge in [-0.2, -0.15) is 4.68 Å². The van der Waals surface area contributed by atoms with Gasteiger partial charge in [-0.1, -0.05) is 36.5 Å². The molecule has 0 spiro atoms. The maximum Gasteiger partial charge on any atom is 0.323 e. The Kier molecular flexibility index (Phi) is 4.62. The van der Waals surface area contributed by atoms with Crippen LogP contribution in [0.4, 0.5) is 10.5 Å². The third-order valence-electron chi connectivity index (χ3n) is 5.99. The molecule has 1 fully saturated rings. The van der Waals surface area contributed by atoms with Crippen molar-refractivity contribution in [2.45, 2.75) is 39.5 Å². The van der Waals surface area contributed by atoms with Crippen molar-refractivity contribution >= 4 is 34.5 Å². The molecule has 3 amide bonds. The molecule has 1 aromatic heterocycles. The normalized spacial score (nSPS) is 23.5. The summed E-state index contributed by atoms with van der Waals surface area (Å²) >= 11 is 1.20. The van der Waals surface area contributed by atoms with Gasteiger partial charge in [-0.25, -0.2) is 9.79 Å². The summed E-state index contributed by atoms with van der Waals surface area (Å²) in [4.78, 5) is 49.6. The Morgan fingerprint density at radius 3 is 2.52 bits per heavy atom. The Morgan fingerprint density at radius 1 is 1.06 bits per heavy atom. The number of anilines is 1. The van der Waals surface area contributed by atoms with Crippen molar-refractivity contribution in [3.8, 4) is 0 Å². The van der Waals surface area contributed by atoms with E-state index in [0.29, 0.717) is 34.5 Å². The first-order valence-electron chi connectivity index (χ1n) is 10.6. The van der Waals surface area contributed by atoms with E-state index in [9.17, 15) is 14.4 Å². The molecule has 1 N–H and O–H groups in total. The molecule has 162 valence electrons. The first-order valence-corrected chi connectivity index (χ1v) is 11.4. The lowest BCUT2D eigenvalue weighted by Gasteiger charge is -2.28. The van der Waals surface area contributed by atoms with Gasteiger partial charge in [-0.05, 0) is 26.3 Å². The van der Waals surface area contributed by atoms with Gasteiger partial charge < -0.3 is 4.90 Å². The second-order valence-corrected chi connectivity index (χ2v) is 8.65. The van der Waals surface area contributed by atoms with Crippen LogP contribution in [0, 0.1) is 0 Å². The molecule has 1 aromatic carbocycles. The molecule has 0 radical (unpaired) electrons. The predicted molar refractivity (Wildman–Crippen MR) is 118 cm³/mol. The quantitative estimate of drug-likeness (QED) is 0.749. The molecule has 3 aliphatic rings. The number of thiazole rings is 1. The molecule has 2 aromatic rings. The van der Waals surface area contributed by atoms with E-state index < -0.39 is 12.3 Å². The van der Waals surface area contributed by atoms with E-state index in [1.165, 1.54) is 16.0 Å². The zero-order valence-electron chi connectivity index (χ0n) is 17.7. The number of hydrogen-bond donors (Lipinski definition) is 1. The van der Waals surface area contributed by atoms with Gasteiger partial charge in [0.05, 0.1) is 11.3 Å². The van der Waals surface area contributed by atoms with E-state index in [1.54, 1.807) is 14.7 Å². The van der Waals surface area contributed by atoms with E-state index in [0.717, 1.165) is 17.7 Å². The fourth-order valence-corrected chi connectivity index (χ4v) is 5.62. The number of nitrogens with zero attached hydrogens (tertiary/aromatic N) is 5. The molecule has 0 saturated carbocycles. The van der Waals surface area contributed by atoms with Crippen molar-refractivity contribution in [1.29, 1.82) is 0 Å². The molecule has 4 heterocycles. The van der Waals surface area contributed by atoms with Crippen LogP contribution in [0.2, 0.25) is 0 Å². The number of fused-ring (bicyclic) bond motifs is 3. The minimum Gasteiger partial charge on any atom is -0.308 e. The van der Waals surface area contributed by atoms with Gasteiger partial charge in [-0.3, -0.25) is 24.8 Å². The molecule has 9 nitrogen and oxygen atoms in total. The SMILES string of the molecule is CCCN1C(=O)/C(=c2\sc3n(c2=O)NC2C(N=3)N(CC)C(=O)N2CC)c2ccccc21. The van der Waals surface area contributed by atoms with E-state index in [4.69, 9.17) is 4.99 Å². The highest BCUT2D eigenvalue weighted by molar-refractivity contribution is 7.07. The predicted octanol–water partition coefficient (Wildman–Crippen LogP) is 0.472. The van der Waals surface area contributed by atoms with Crippen molar-refractivity contribution in [1.82, 2.24) is 14.5 Å². The summed E-state index contributed by atoms with van der Waals surface area (Å²) in [5, 5.41) is 0. The topological polar surface area (TPSA) is 90.2 Å². The van der Waals surface area contributed by atoms with Gasteiger partial charge in [0.25, 0.3) is 11.5 Å². The second kappa shape index (κ2) is 7.23. The van der Waals surface area contributed by atoms with Crippen molar-refractivity contribution in [3.63, 3.8) is 0 Å². The average molecular weight is 441 g/mol. The molecular formula is C21H24N6O3S. The Bertz CT molecular complexity index is 1260. The fourth-order valence-electron chi connectivity index (χ4n) is 4.57. The summed E-state index contributed by atoms with van der Waals surface area (Å²) in [7, 11) is 0. The van der Waals surface area contributed by atoms with Gasteiger partial charge in [0, 0.05) is 25.2 Å². The van der Waals surface area contributed by atoms with Crippen LogP contribution in [-0.2, 0) is 4.79 Å². The first-order chi connectivity index (χ1) is 15.0. The van der Waals surface area contributed by atoms with Gasteiger partial charge in [0.1, 0.15) is 4.53 Å². The molecule has 3 aliphatic heterocycles.